The van der Waals surface area contributed by atoms with Gasteiger partial charge in [0, 0.05) is 15.3 Å². The van der Waals surface area contributed by atoms with Crippen molar-refractivity contribution in [3.05, 3.63) is 44.8 Å². The molecule has 0 unspecified atom stereocenters. The first kappa shape index (κ1) is 12.5. The van der Waals surface area contributed by atoms with Crippen molar-refractivity contribution in [1.29, 1.82) is 0 Å². The van der Waals surface area contributed by atoms with E-state index in [4.69, 9.17) is 23.2 Å². The third kappa shape index (κ3) is 2.30. The van der Waals surface area contributed by atoms with Crippen LogP contribution in [0, 0.1) is 0 Å². The van der Waals surface area contributed by atoms with Gasteiger partial charge in [0.2, 0.25) is 0 Å². The molecule has 0 aliphatic carbocycles. The van der Waals surface area contributed by atoms with Crippen LogP contribution in [0.2, 0.25) is 10.0 Å². The van der Waals surface area contributed by atoms with Gasteiger partial charge in [0.15, 0.2) is 0 Å². The van der Waals surface area contributed by atoms with Crippen molar-refractivity contribution in [1.82, 2.24) is 5.32 Å². The van der Waals surface area contributed by atoms with Gasteiger partial charge in [-0.2, -0.15) is 0 Å². The topological polar surface area (TPSA) is 12.0 Å². The van der Waals surface area contributed by atoms with Crippen molar-refractivity contribution < 1.29 is 0 Å². The van der Waals surface area contributed by atoms with Crippen LogP contribution in [-0.4, -0.2) is 13.1 Å². The molecule has 1 N–H and O–H groups in total. The van der Waals surface area contributed by atoms with Crippen LogP contribution in [0.1, 0.15) is 10.4 Å². The highest BCUT2D eigenvalue weighted by Crippen LogP contribution is 2.39. The molecule has 0 radical (unpaired) electrons. The van der Waals surface area contributed by atoms with E-state index in [1.54, 1.807) is 0 Å². The summed E-state index contributed by atoms with van der Waals surface area (Å²) in [7, 11) is 0. The zero-order valence-electron chi connectivity index (χ0n) is 9.80. The van der Waals surface area contributed by atoms with Gasteiger partial charge in [0.25, 0.3) is 0 Å². The van der Waals surface area contributed by atoms with Crippen molar-refractivity contribution in [3.63, 3.8) is 0 Å². The Morgan fingerprint density at radius 1 is 1.11 bits per heavy atom. The maximum absolute atomic E-state index is 6.29. The van der Waals surface area contributed by atoms with Crippen LogP contribution < -0.4 is 5.32 Å². The fourth-order valence-electron chi connectivity index (χ4n) is 2.27. The smallest absolute Gasteiger partial charge is 0.0678 e. The fraction of sp³-hybridized carbons (Fsp3) is 0.286. The second-order valence-electron chi connectivity index (χ2n) is 4.41. The van der Waals surface area contributed by atoms with Gasteiger partial charge < -0.3 is 5.32 Å². The molecule has 0 saturated carbocycles. The van der Waals surface area contributed by atoms with Gasteiger partial charge in [-0.05, 0) is 43.6 Å². The second kappa shape index (κ2) is 5.22. The molecule has 1 aliphatic rings. The molecule has 94 valence electrons. The summed E-state index contributed by atoms with van der Waals surface area (Å²) in [5, 5.41) is 4.70. The average molecular weight is 298 g/mol. The predicted molar refractivity (Wildman–Crippen MR) is 80.1 cm³/mol. The van der Waals surface area contributed by atoms with Crippen LogP contribution in [0.4, 0.5) is 0 Å². The Bertz CT molecular complexity index is 554. The quantitative estimate of drug-likeness (QED) is 0.822. The Hall–Kier alpha value is -0.540. The molecular weight excluding hydrogens is 285 g/mol. The van der Waals surface area contributed by atoms with E-state index in [-0.39, 0.29) is 0 Å². The highest BCUT2D eigenvalue weighted by atomic mass is 35.5. The molecule has 1 aromatic carbocycles. The first-order chi connectivity index (χ1) is 8.75. The van der Waals surface area contributed by atoms with Crippen LogP contribution in [0.5, 0.6) is 0 Å². The third-order valence-corrected chi connectivity index (χ3v) is 5.30. The number of thiophene rings is 1. The van der Waals surface area contributed by atoms with Crippen LogP contribution in [0.3, 0.4) is 0 Å². The molecule has 0 fully saturated rings. The van der Waals surface area contributed by atoms with E-state index in [1.165, 1.54) is 15.3 Å². The molecular formula is C14H13Cl2NS. The van der Waals surface area contributed by atoms with Gasteiger partial charge in [-0.15, -0.1) is 11.3 Å². The molecule has 1 aliphatic heterocycles. The number of halogens is 2. The van der Waals surface area contributed by atoms with E-state index >= 15 is 0 Å². The molecule has 0 amide bonds. The van der Waals surface area contributed by atoms with Crippen molar-refractivity contribution in [3.8, 4) is 10.4 Å². The molecule has 1 aromatic heterocycles. The Kier molecular flexibility index (Phi) is 3.62. The van der Waals surface area contributed by atoms with E-state index < -0.39 is 0 Å². The van der Waals surface area contributed by atoms with Gasteiger partial charge in [-0.1, -0.05) is 35.3 Å². The van der Waals surface area contributed by atoms with Gasteiger partial charge in [0.1, 0.15) is 0 Å². The first-order valence-electron chi connectivity index (χ1n) is 6.02. The monoisotopic (exact) mass is 297 g/mol. The molecule has 2 aromatic rings. The van der Waals surface area contributed by atoms with Crippen LogP contribution >= 0.6 is 34.5 Å². The van der Waals surface area contributed by atoms with Gasteiger partial charge in [-0.25, -0.2) is 0 Å². The normalized spacial score (nSPS) is 15.2. The Morgan fingerprint density at radius 2 is 1.94 bits per heavy atom. The first-order valence-corrected chi connectivity index (χ1v) is 7.59. The molecule has 3 rings (SSSR count). The standard InChI is InChI=1S/C14H13Cl2NS/c15-11-3-1-2-10(14(11)16)13-8-9-4-6-17-7-5-12(9)18-13/h1-3,8,17H,4-7H2. The lowest BCUT2D eigenvalue weighted by Crippen LogP contribution is -2.16. The number of nitrogens with one attached hydrogen (secondary N) is 1. The summed E-state index contributed by atoms with van der Waals surface area (Å²) in [5.41, 5.74) is 2.51. The number of hydrogen-bond donors (Lipinski definition) is 1. The summed E-state index contributed by atoms with van der Waals surface area (Å²) >= 11 is 14.2. The maximum atomic E-state index is 6.29. The van der Waals surface area contributed by atoms with E-state index in [0.717, 1.165) is 31.5 Å². The Balaban J connectivity index is 2.05. The molecule has 0 saturated heterocycles. The summed E-state index contributed by atoms with van der Waals surface area (Å²) in [5.74, 6) is 0. The summed E-state index contributed by atoms with van der Waals surface area (Å²) in [6.45, 7) is 2.13. The fourth-order valence-corrected chi connectivity index (χ4v) is 3.97. The lowest BCUT2D eigenvalue weighted by atomic mass is 10.1. The van der Waals surface area contributed by atoms with Crippen LogP contribution in [0.15, 0.2) is 24.3 Å². The largest absolute Gasteiger partial charge is 0.316 e. The minimum Gasteiger partial charge on any atom is -0.316 e. The molecule has 0 spiro atoms. The maximum Gasteiger partial charge on any atom is 0.0678 e. The summed E-state index contributed by atoms with van der Waals surface area (Å²) in [6, 6.07) is 8.09. The summed E-state index contributed by atoms with van der Waals surface area (Å²) < 4.78 is 0. The summed E-state index contributed by atoms with van der Waals surface area (Å²) in [6.07, 6.45) is 2.21. The third-order valence-electron chi connectivity index (χ3n) is 3.21. The van der Waals surface area contributed by atoms with Crippen LogP contribution in [0.25, 0.3) is 10.4 Å². The van der Waals surface area contributed by atoms with Crippen molar-refractivity contribution in [2.24, 2.45) is 0 Å². The molecule has 0 bridgehead atoms. The predicted octanol–water partition coefficient (Wildman–Crippen LogP) is 4.41. The highest BCUT2D eigenvalue weighted by Gasteiger charge is 2.15. The highest BCUT2D eigenvalue weighted by molar-refractivity contribution is 7.15. The summed E-state index contributed by atoms with van der Waals surface area (Å²) in [4.78, 5) is 2.71. The Labute approximate surface area is 121 Å². The number of rotatable bonds is 1. The second-order valence-corrected chi connectivity index (χ2v) is 6.33. The average Bonchev–Trinajstić information content (AvgIpc) is 2.64. The lowest BCUT2D eigenvalue weighted by molar-refractivity contribution is 0.712. The number of fused-ring (bicyclic) bond motifs is 1. The van der Waals surface area contributed by atoms with E-state index in [0.29, 0.717) is 10.0 Å². The van der Waals surface area contributed by atoms with Crippen LogP contribution in [-0.2, 0) is 12.8 Å². The van der Waals surface area contributed by atoms with E-state index in [1.807, 2.05) is 29.5 Å². The minimum absolute atomic E-state index is 0.624. The van der Waals surface area contributed by atoms with Gasteiger partial charge >= 0.3 is 0 Å². The van der Waals surface area contributed by atoms with E-state index in [9.17, 15) is 0 Å². The Morgan fingerprint density at radius 3 is 2.83 bits per heavy atom. The minimum atomic E-state index is 0.624. The zero-order valence-corrected chi connectivity index (χ0v) is 12.1. The van der Waals surface area contributed by atoms with Crippen molar-refractivity contribution in [2.75, 3.05) is 13.1 Å². The lowest BCUT2D eigenvalue weighted by Gasteiger charge is -2.03. The number of benzene rings is 1. The molecule has 0 atom stereocenters. The zero-order chi connectivity index (χ0) is 12.5. The molecule has 1 nitrogen and oxygen atoms in total. The number of hydrogen-bond acceptors (Lipinski definition) is 2. The molecule has 18 heavy (non-hydrogen) atoms. The van der Waals surface area contributed by atoms with Gasteiger partial charge in [0.05, 0.1) is 10.0 Å². The van der Waals surface area contributed by atoms with Gasteiger partial charge in [-0.3, -0.25) is 0 Å². The van der Waals surface area contributed by atoms with Crippen molar-refractivity contribution in [2.45, 2.75) is 12.8 Å². The van der Waals surface area contributed by atoms with Crippen molar-refractivity contribution >= 4 is 34.5 Å². The SMILES string of the molecule is Clc1cccc(-c2cc3c(s2)CCNCC3)c1Cl. The van der Waals surface area contributed by atoms with E-state index in [2.05, 4.69) is 11.4 Å². The molecule has 2 heterocycles. The molecule has 4 heteroatoms.